The predicted octanol–water partition coefficient (Wildman–Crippen LogP) is 2.95. The Morgan fingerprint density at radius 3 is 2.63 bits per heavy atom. The molecule has 146 valence electrons. The maximum atomic E-state index is 13.5. The van der Waals surface area contributed by atoms with Crippen LogP contribution in [0.5, 0.6) is 0 Å². The van der Waals surface area contributed by atoms with Crippen LogP contribution in [-0.2, 0) is 25.9 Å². The second-order valence-electron chi connectivity index (χ2n) is 6.28. The number of hydrogen-bond donors (Lipinski definition) is 0. The molecule has 0 saturated carbocycles. The Bertz CT molecular complexity index is 858. The van der Waals surface area contributed by atoms with E-state index in [0.29, 0.717) is 39.0 Å². The molecule has 1 aliphatic rings. The molecule has 8 heteroatoms. The third-order valence-corrected chi connectivity index (χ3v) is 7.58. The molecule has 27 heavy (non-hydrogen) atoms. The largest absolute Gasteiger partial charge is 0.465 e. The molecule has 0 spiro atoms. The zero-order chi connectivity index (χ0) is 19.3. The van der Waals surface area contributed by atoms with Crippen LogP contribution in [0.4, 0.5) is 0 Å². The molecule has 0 atom stereocenters. The van der Waals surface area contributed by atoms with Crippen molar-refractivity contribution in [2.45, 2.75) is 30.2 Å². The standard InChI is InChI=1S/C19H23NO5S2/c1-24-19(21)17-6-2-3-7-18(17)27(22,23)20(15-9-12-25-13-10-15)11-8-16-5-4-14-26-16/h2-7,14-15H,8-13H2,1H3. The molecule has 1 aromatic heterocycles. The van der Waals surface area contributed by atoms with Crippen molar-refractivity contribution in [1.82, 2.24) is 4.31 Å². The molecule has 0 aliphatic carbocycles. The summed E-state index contributed by atoms with van der Waals surface area (Å²) in [4.78, 5) is 13.2. The maximum absolute atomic E-state index is 13.5. The van der Waals surface area contributed by atoms with Crippen LogP contribution in [0.1, 0.15) is 28.1 Å². The first-order valence-electron chi connectivity index (χ1n) is 8.83. The molecule has 6 nitrogen and oxygen atoms in total. The Morgan fingerprint density at radius 1 is 1.22 bits per heavy atom. The lowest BCUT2D eigenvalue weighted by atomic mass is 10.1. The van der Waals surface area contributed by atoms with E-state index in [-0.39, 0.29) is 16.5 Å². The lowest BCUT2D eigenvalue weighted by molar-refractivity contribution is 0.0575. The fourth-order valence-electron chi connectivity index (χ4n) is 3.24. The average molecular weight is 410 g/mol. The quantitative estimate of drug-likeness (QED) is 0.658. The average Bonchev–Trinajstić information content (AvgIpc) is 3.22. The van der Waals surface area contributed by atoms with Crippen molar-refractivity contribution in [3.8, 4) is 0 Å². The third kappa shape index (κ3) is 4.57. The molecule has 1 aromatic carbocycles. The van der Waals surface area contributed by atoms with Gasteiger partial charge in [0.05, 0.1) is 17.6 Å². The second kappa shape index (κ2) is 8.97. The van der Waals surface area contributed by atoms with Crippen molar-refractivity contribution in [1.29, 1.82) is 0 Å². The molecule has 0 radical (unpaired) electrons. The molecule has 0 N–H and O–H groups in total. The summed E-state index contributed by atoms with van der Waals surface area (Å²) in [5, 5.41) is 1.98. The smallest absolute Gasteiger partial charge is 0.339 e. The minimum absolute atomic E-state index is 0.00507. The van der Waals surface area contributed by atoms with Crippen LogP contribution < -0.4 is 0 Å². The molecule has 1 fully saturated rings. The highest BCUT2D eigenvalue weighted by Crippen LogP contribution is 2.27. The van der Waals surface area contributed by atoms with E-state index in [1.54, 1.807) is 23.5 Å². The first kappa shape index (κ1) is 20.0. The van der Waals surface area contributed by atoms with Gasteiger partial charge in [0.2, 0.25) is 10.0 Å². The molecule has 0 amide bonds. The monoisotopic (exact) mass is 409 g/mol. The van der Waals surface area contributed by atoms with Gasteiger partial charge in [-0.3, -0.25) is 0 Å². The fourth-order valence-corrected chi connectivity index (χ4v) is 5.81. The van der Waals surface area contributed by atoms with Gasteiger partial charge in [0.15, 0.2) is 0 Å². The van der Waals surface area contributed by atoms with Gasteiger partial charge in [0.1, 0.15) is 0 Å². The number of ether oxygens (including phenoxy) is 2. The number of hydrogen-bond acceptors (Lipinski definition) is 6. The van der Waals surface area contributed by atoms with Crippen molar-refractivity contribution in [3.05, 3.63) is 52.2 Å². The van der Waals surface area contributed by atoms with E-state index in [1.807, 2.05) is 17.5 Å². The Kier molecular flexibility index (Phi) is 6.64. The molecule has 2 heterocycles. The van der Waals surface area contributed by atoms with Gasteiger partial charge in [0, 0.05) is 30.7 Å². The Labute approximate surface area is 163 Å². The van der Waals surface area contributed by atoms with E-state index < -0.39 is 16.0 Å². The van der Waals surface area contributed by atoms with Gasteiger partial charge in [-0.25, -0.2) is 13.2 Å². The SMILES string of the molecule is COC(=O)c1ccccc1S(=O)(=O)N(CCc1cccs1)C1CCOCC1. The maximum Gasteiger partial charge on any atom is 0.339 e. The van der Waals surface area contributed by atoms with Crippen molar-refractivity contribution < 1.29 is 22.7 Å². The molecule has 0 bridgehead atoms. The van der Waals surface area contributed by atoms with Gasteiger partial charge < -0.3 is 9.47 Å². The van der Waals surface area contributed by atoms with Crippen molar-refractivity contribution in [3.63, 3.8) is 0 Å². The number of sulfonamides is 1. The number of carbonyl (C=O) groups excluding carboxylic acids is 1. The zero-order valence-electron chi connectivity index (χ0n) is 15.2. The van der Waals surface area contributed by atoms with Gasteiger partial charge >= 0.3 is 5.97 Å². The topological polar surface area (TPSA) is 72.9 Å². The zero-order valence-corrected chi connectivity index (χ0v) is 16.8. The lowest BCUT2D eigenvalue weighted by Gasteiger charge is -2.33. The van der Waals surface area contributed by atoms with E-state index in [4.69, 9.17) is 9.47 Å². The van der Waals surface area contributed by atoms with Gasteiger partial charge in [-0.1, -0.05) is 18.2 Å². The van der Waals surface area contributed by atoms with Crippen molar-refractivity contribution in [2.75, 3.05) is 26.9 Å². The van der Waals surface area contributed by atoms with E-state index in [1.165, 1.54) is 23.5 Å². The second-order valence-corrected chi connectivity index (χ2v) is 9.17. The van der Waals surface area contributed by atoms with Crippen LogP contribution in [0, 0.1) is 0 Å². The molecule has 1 saturated heterocycles. The first-order valence-corrected chi connectivity index (χ1v) is 11.2. The number of carbonyl (C=O) groups is 1. The summed E-state index contributed by atoms with van der Waals surface area (Å²) in [5.74, 6) is -0.653. The van der Waals surface area contributed by atoms with E-state index >= 15 is 0 Å². The van der Waals surface area contributed by atoms with Crippen LogP contribution >= 0.6 is 11.3 Å². The minimum atomic E-state index is -3.86. The number of nitrogens with zero attached hydrogens (tertiary/aromatic N) is 1. The van der Waals surface area contributed by atoms with Crippen molar-refractivity contribution in [2.24, 2.45) is 0 Å². The van der Waals surface area contributed by atoms with Crippen molar-refractivity contribution >= 4 is 27.3 Å². The summed E-state index contributed by atoms with van der Waals surface area (Å²) in [6, 6.07) is 10.0. The summed E-state index contributed by atoms with van der Waals surface area (Å²) < 4.78 is 38.7. The van der Waals surface area contributed by atoms with E-state index in [0.717, 1.165) is 4.88 Å². The van der Waals surface area contributed by atoms with Crippen LogP contribution in [0.15, 0.2) is 46.7 Å². The van der Waals surface area contributed by atoms with E-state index in [9.17, 15) is 13.2 Å². The van der Waals surface area contributed by atoms with Crippen LogP contribution in [-0.4, -0.2) is 51.6 Å². The molecule has 0 unspecified atom stereocenters. The molecular weight excluding hydrogens is 386 g/mol. The highest BCUT2D eigenvalue weighted by atomic mass is 32.2. The van der Waals surface area contributed by atoms with Gasteiger partial charge in [-0.15, -0.1) is 11.3 Å². The van der Waals surface area contributed by atoms with Gasteiger partial charge in [-0.05, 0) is 42.8 Å². The Hall–Kier alpha value is -1.74. The highest BCUT2D eigenvalue weighted by Gasteiger charge is 2.35. The summed E-state index contributed by atoms with van der Waals surface area (Å²) in [5.41, 5.74) is 0.0631. The van der Waals surface area contributed by atoms with Crippen LogP contribution in [0.2, 0.25) is 0 Å². The van der Waals surface area contributed by atoms with Gasteiger partial charge in [-0.2, -0.15) is 4.31 Å². The fraction of sp³-hybridized carbons (Fsp3) is 0.421. The van der Waals surface area contributed by atoms with Gasteiger partial charge in [0.25, 0.3) is 0 Å². The Morgan fingerprint density at radius 2 is 1.96 bits per heavy atom. The lowest BCUT2D eigenvalue weighted by Crippen LogP contribution is -2.44. The molecular formula is C19H23NO5S2. The summed E-state index contributed by atoms with van der Waals surface area (Å²) in [6.07, 6.45) is 1.92. The molecule has 3 rings (SSSR count). The summed E-state index contributed by atoms with van der Waals surface area (Å²) >= 11 is 1.61. The van der Waals surface area contributed by atoms with Crippen LogP contribution in [0.25, 0.3) is 0 Å². The number of benzene rings is 1. The minimum Gasteiger partial charge on any atom is -0.465 e. The molecule has 2 aromatic rings. The summed E-state index contributed by atoms with van der Waals surface area (Å²) in [7, 11) is -2.61. The Balaban J connectivity index is 1.95. The first-order chi connectivity index (χ1) is 13.0. The number of esters is 1. The van der Waals surface area contributed by atoms with E-state index in [2.05, 4.69) is 0 Å². The highest BCUT2D eigenvalue weighted by molar-refractivity contribution is 7.89. The molecule has 1 aliphatic heterocycles. The number of rotatable bonds is 7. The summed E-state index contributed by atoms with van der Waals surface area (Å²) in [6.45, 7) is 1.44. The number of methoxy groups -OCH3 is 1. The van der Waals surface area contributed by atoms with Crippen LogP contribution in [0.3, 0.4) is 0 Å². The number of thiophene rings is 1. The predicted molar refractivity (Wildman–Crippen MR) is 104 cm³/mol. The third-order valence-electron chi connectivity index (χ3n) is 4.64. The normalized spacial score (nSPS) is 15.8.